The molecule has 0 bridgehead atoms. The Balaban J connectivity index is 1.67. The fraction of sp³-hybridized carbons (Fsp3) is 0.565. The van der Waals surface area contributed by atoms with E-state index in [9.17, 15) is 19.2 Å². The van der Waals surface area contributed by atoms with E-state index in [1.165, 1.54) is 0 Å². The minimum Gasteiger partial charge on any atom is -0.463 e. The zero-order valence-electron chi connectivity index (χ0n) is 18.3. The van der Waals surface area contributed by atoms with Gasteiger partial charge in [-0.15, -0.1) is 0 Å². The van der Waals surface area contributed by atoms with Gasteiger partial charge in [-0.25, -0.2) is 4.79 Å². The molecule has 1 saturated heterocycles. The highest BCUT2D eigenvalue weighted by Gasteiger charge is 2.52. The van der Waals surface area contributed by atoms with Gasteiger partial charge >= 0.3 is 12.0 Å². The molecule has 8 heteroatoms. The van der Waals surface area contributed by atoms with Crippen molar-refractivity contribution < 1.29 is 23.9 Å². The van der Waals surface area contributed by atoms with Crippen molar-refractivity contribution in [3.63, 3.8) is 0 Å². The van der Waals surface area contributed by atoms with Gasteiger partial charge in [0.1, 0.15) is 12.1 Å². The van der Waals surface area contributed by atoms with Crippen molar-refractivity contribution in [3.05, 3.63) is 35.9 Å². The molecule has 0 radical (unpaired) electrons. The highest BCUT2D eigenvalue weighted by molar-refractivity contribution is 6.09. The molecule has 1 saturated carbocycles. The van der Waals surface area contributed by atoms with Crippen LogP contribution in [0.25, 0.3) is 0 Å². The Labute approximate surface area is 182 Å². The average Bonchev–Trinajstić information content (AvgIpc) is 2.94. The third-order valence-electron chi connectivity index (χ3n) is 5.95. The Morgan fingerprint density at radius 3 is 2.45 bits per heavy atom. The fourth-order valence-corrected chi connectivity index (χ4v) is 4.21. The van der Waals surface area contributed by atoms with Crippen molar-refractivity contribution in [3.8, 4) is 0 Å². The molecule has 3 rings (SSSR count). The van der Waals surface area contributed by atoms with Gasteiger partial charge in [0.2, 0.25) is 5.91 Å². The summed E-state index contributed by atoms with van der Waals surface area (Å²) in [6.07, 6.45) is 2.59. The van der Waals surface area contributed by atoms with Crippen LogP contribution in [0.4, 0.5) is 4.79 Å². The topological polar surface area (TPSA) is 105 Å². The summed E-state index contributed by atoms with van der Waals surface area (Å²) in [7, 11) is 0. The normalized spacial score (nSPS) is 24.3. The van der Waals surface area contributed by atoms with Crippen molar-refractivity contribution in [2.75, 3.05) is 6.54 Å². The number of carbonyl (C=O) groups excluding carboxylic acids is 4. The standard InChI is InChI=1S/C23H31N3O5/c1-15(2)31-20(28)13-18(17-7-5-4-6-8-17)24-19(27)14-26-21(29)23(25-22(26)30)11-9-16(3)10-12-23/h4-8,15-16,18H,9-14H2,1-3H3,(H,24,27)(H,25,30)/t16?,18-,23?/m0/s1. The van der Waals surface area contributed by atoms with Crippen LogP contribution < -0.4 is 10.6 Å². The van der Waals surface area contributed by atoms with E-state index in [0.717, 1.165) is 23.3 Å². The van der Waals surface area contributed by atoms with Crippen molar-refractivity contribution in [2.24, 2.45) is 5.92 Å². The average molecular weight is 430 g/mol. The third-order valence-corrected chi connectivity index (χ3v) is 5.95. The van der Waals surface area contributed by atoms with Crippen LogP contribution >= 0.6 is 0 Å². The first kappa shape index (κ1) is 22.8. The molecule has 1 spiro atoms. The van der Waals surface area contributed by atoms with E-state index in [-0.39, 0.29) is 25.0 Å². The summed E-state index contributed by atoms with van der Waals surface area (Å²) < 4.78 is 5.22. The molecule has 8 nitrogen and oxygen atoms in total. The number of nitrogens with one attached hydrogen (secondary N) is 2. The number of rotatable bonds is 7. The predicted octanol–water partition coefficient (Wildman–Crippen LogP) is 2.69. The van der Waals surface area contributed by atoms with Crippen molar-refractivity contribution >= 4 is 23.8 Å². The van der Waals surface area contributed by atoms with Crippen molar-refractivity contribution in [1.29, 1.82) is 0 Å². The monoisotopic (exact) mass is 429 g/mol. The van der Waals surface area contributed by atoms with Gasteiger partial charge in [0, 0.05) is 0 Å². The minimum atomic E-state index is -0.885. The fourth-order valence-electron chi connectivity index (χ4n) is 4.21. The van der Waals surface area contributed by atoms with Gasteiger partial charge in [-0.2, -0.15) is 0 Å². The van der Waals surface area contributed by atoms with Crippen LogP contribution in [0, 0.1) is 5.92 Å². The molecular weight excluding hydrogens is 398 g/mol. The molecule has 1 aliphatic heterocycles. The summed E-state index contributed by atoms with van der Waals surface area (Å²) in [5.74, 6) is -0.759. The highest BCUT2D eigenvalue weighted by Crippen LogP contribution is 2.36. The number of urea groups is 1. The molecule has 31 heavy (non-hydrogen) atoms. The smallest absolute Gasteiger partial charge is 0.325 e. The van der Waals surface area contributed by atoms with E-state index in [0.29, 0.717) is 18.8 Å². The van der Waals surface area contributed by atoms with Gasteiger partial charge in [0.05, 0.1) is 18.6 Å². The highest BCUT2D eigenvalue weighted by atomic mass is 16.5. The molecule has 0 aromatic heterocycles. The van der Waals surface area contributed by atoms with E-state index in [1.807, 2.05) is 18.2 Å². The van der Waals surface area contributed by atoms with Gasteiger partial charge in [0.25, 0.3) is 5.91 Å². The summed E-state index contributed by atoms with van der Waals surface area (Å²) in [6.45, 7) is 5.26. The SMILES string of the molecule is CC1CCC2(CC1)NC(=O)N(CC(=O)N[C@@H](CC(=O)OC(C)C)c1ccccc1)C2=O. The number of hydrogen-bond acceptors (Lipinski definition) is 5. The summed E-state index contributed by atoms with van der Waals surface area (Å²) in [5.41, 5.74) is -0.143. The Hall–Kier alpha value is -2.90. The van der Waals surface area contributed by atoms with E-state index >= 15 is 0 Å². The molecule has 1 aliphatic carbocycles. The second-order valence-electron chi connectivity index (χ2n) is 8.86. The number of hydrogen-bond donors (Lipinski definition) is 2. The lowest BCUT2D eigenvalue weighted by molar-refractivity contribution is -0.148. The van der Waals surface area contributed by atoms with Crippen LogP contribution in [0.1, 0.15) is 64.5 Å². The number of esters is 1. The maximum atomic E-state index is 13.0. The maximum absolute atomic E-state index is 13.0. The van der Waals surface area contributed by atoms with Crippen LogP contribution in [-0.4, -0.2) is 46.9 Å². The zero-order chi connectivity index (χ0) is 22.6. The van der Waals surface area contributed by atoms with Crippen molar-refractivity contribution in [2.45, 2.75) is 70.6 Å². The lowest BCUT2D eigenvalue weighted by atomic mass is 9.77. The Morgan fingerprint density at radius 1 is 1.19 bits per heavy atom. The van der Waals surface area contributed by atoms with Gasteiger partial charge in [-0.05, 0) is 51.0 Å². The van der Waals surface area contributed by atoms with Crippen LogP contribution in [-0.2, 0) is 19.1 Å². The van der Waals surface area contributed by atoms with Crippen LogP contribution in [0.3, 0.4) is 0 Å². The largest absolute Gasteiger partial charge is 0.463 e. The molecule has 4 amide bonds. The molecule has 168 valence electrons. The third kappa shape index (κ3) is 5.42. The number of amides is 4. The lowest BCUT2D eigenvalue weighted by Gasteiger charge is -2.33. The zero-order valence-corrected chi connectivity index (χ0v) is 18.3. The molecule has 2 fully saturated rings. The van der Waals surface area contributed by atoms with Gasteiger partial charge in [0.15, 0.2) is 0 Å². The van der Waals surface area contributed by atoms with Crippen LogP contribution in [0.15, 0.2) is 30.3 Å². The second kappa shape index (κ2) is 9.49. The number of carbonyl (C=O) groups is 4. The van der Waals surface area contributed by atoms with Crippen LogP contribution in [0.5, 0.6) is 0 Å². The van der Waals surface area contributed by atoms with E-state index in [1.54, 1.807) is 26.0 Å². The van der Waals surface area contributed by atoms with E-state index in [4.69, 9.17) is 4.74 Å². The Kier molecular flexibility index (Phi) is 6.97. The number of imide groups is 1. The molecule has 1 heterocycles. The maximum Gasteiger partial charge on any atom is 0.325 e. The van der Waals surface area contributed by atoms with E-state index in [2.05, 4.69) is 17.6 Å². The van der Waals surface area contributed by atoms with Crippen LogP contribution in [0.2, 0.25) is 0 Å². The first-order valence-corrected chi connectivity index (χ1v) is 10.9. The van der Waals surface area contributed by atoms with Crippen molar-refractivity contribution in [1.82, 2.24) is 15.5 Å². The summed E-state index contributed by atoms with van der Waals surface area (Å²) in [5, 5.41) is 5.61. The van der Waals surface area contributed by atoms with Gasteiger partial charge in [-0.1, -0.05) is 37.3 Å². The number of benzene rings is 1. The molecule has 1 aromatic carbocycles. The van der Waals surface area contributed by atoms with Gasteiger partial charge < -0.3 is 15.4 Å². The first-order valence-electron chi connectivity index (χ1n) is 10.9. The minimum absolute atomic E-state index is 0.0457. The van der Waals surface area contributed by atoms with Gasteiger partial charge in [-0.3, -0.25) is 19.3 Å². The molecule has 1 aromatic rings. The predicted molar refractivity (Wildman–Crippen MR) is 114 cm³/mol. The summed E-state index contributed by atoms with van der Waals surface area (Å²) >= 11 is 0. The summed E-state index contributed by atoms with van der Waals surface area (Å²) in [6, 6.07) is 7.92. The number of nitrogens with zero attached hydrogens (tertiary/aromatic N) is 1. The molecule has 1 atom stereocenters. The second-order valence-corrected chi connectivity index (χ2v) is 8.86. The lowest BCUT2D eigenvalue weighted by Crippen LogP contribution is -2.50. The molecule has 2 N–H and O–H groups in total. The first-order chi connectivity index (χ1) is 14.7. The quantitative estimate of drug-likeness (QED) is 0.512. The summed E-state index contributed by atoms with van der Waals surface area (Å²) in [4.78, 5) is 51.4. The Bertz CT molecular complexity index is 831. The molecule has 2 aliphatic rings. The van der Waals surface area contributed by atoms with E-state index < -0.39 is 29.5 Å². The Morgan fingerprint density at radius 2 is 1.84 bits per heavy atom. The molecular formula is C23H31N3O5. The molecule has 0 unspecified atom stereocenters. The number of ether oxygens (including phenoxy) is 1.